The van der Waals surface area contributed by atoms with Gasteiger partial charge in [0.1, 0.15) is 18.4 Å². The largest absolute Gasteiger partial charge is 0.497 e. The number of hydrogen-bond donors (Lipinski definition) is 6. The number of guanidine groups is 1. The Morgan fingerprint density at radius 1 is 1.08 bits per heavy atom. The third kappa shape index (κ3) is 13.4. The van der Waals surface area contributed by atoms with Gasteiger partial charge in [0.15, 0.2) is 11.1 Å². The summed E-state index contributed by atoms with van der Waals surface area (Å²) in [6, 6.07) is 5.98. The van der Waals surface area contributed by atoms with Crippen molar-refractivity contribution in [2.75, 3.05) is 26.0 Å². The number of carboxylic acids is 1. The Morgan fingerprint density at radius 3 is 2.31 bits per heavy atom. The number of carbonyl (C=O) groups is 4. The molecule has 200 valence electrons. The lowest BCUT2D eigenvalue weighted by Crippen LogP contribution is -2.45. The Hall–Kier alpha value is -3.48. The van der Waals surface area contributed by atoms with Crippen LogP contribution in [0.25, 0.3) is 0 Å². The minimum absolute atomic E-state index is 0.0919. The lowest BCUT2D eigenvalue weighted by Gasteiger charge is -2.20. The number of thioether (sulfide) groups is 1. The molecule has 2 amide bonds. The molecule has 12 nitrogen and oxygen atoms in total. The van der Waals surface area contributed by atoms with E-state index in [2.05, 4.69) is 16.0 Å². The van der Waals surface area contributed by atoms with Crippen LogP contribution in [0, 0.1) is 11.3 Å². The molecule has 0 fully saturated rings. The van der Waals surface area contributed by atoms with Gasteiger partial charge < -0.3 is 36.3 Å². The van der Waals surface area contributed by atoms with Gasteiger partial charge in [0, 0.05) is 31.7 Å². The zero-order valence-electron chi connectivity index (χ0n) is 20.5. The number of hydrogen-bond acceptors (Lipinski definition) is 8. The van der Waals surface area contributed by atoms with Gasteiger partial charge in [-0.1, -0.05) is 23.9 Å². The van der Waals surface area contributed by atoms with E-state index >= 15 is 0 Å². The van der Waals surface area contributed by atoms with Gasteiger partial charge in [0.2, 0.25) is 5.91 Å². The quantitative estimate of drug-likeness (QED) is 0.104. The molecule has 0 aliphatic rings. The van der Waals surface area contributed by atoms with E-state index in [0.29, 0.717) is 31.6 Å². The summed E-state index contributed by atoms with van der Waals surface area (Å²) in [6.07, 6.45) is 0.689. The summed E-state index contributed by atoms with van der Waals surface area (Å²) in [5.74, 6) is -1.59. The first-order valence-electron chi connectivity index (χ1n) is 11.4. The third-order valence-electron chi connectivity index (χ3n) is 4.99. The van der Waals surface area contributed by atoms with Gasteiger partial charge in [-0.3, -0.25) is 15.0 Å². The van der Waals surface area contributed by atoms with Crippen molar-refractivity contribution < 1.29 is 33.8 Å². The average Bonchev–Trinajstić information content (AvgIpc) is 2.83. The monoisotopic (exact) mass is 525 g/mol. The van der Waals surface area contributed by atoms with Crippen molar-refractivity contribution in [3.8, 4) is 5.75 Å². The van der Waals surface area contributed by atoms with Crippen LogP contribution in [0.4, 0.5) is 4.79 Å². The van der Waals surface area contributed by atoms with Crippen LogP contribution in [-0.4, -0.2) is 66.1 Å². The Kier molecular flexibility index (Phi) is 14.5. The number of benzene rings is 1. The van der Waals surface area contributed by atoms with Crippen molar-refractivity contribution >= 4 is 40.8 Å². The zero-order valence-corrected chi connectivity index (χ0v) is 21.3. The molecule has 0 aliphatic carbocycles. The molecule has 0 radical (unpaired) electrons. The third-order valence-corrected chi connectivity index (χ3v) is 5.96. The van der Waals surface area contributed by atoms with Crippen LogP contribution < -0.4 is 26.4 Å². The number of carbonyl (C=O) groups excluding carboxylic acids is 3. The molecular formula is C23H35N5O7S. The number of aliphatic carboxylic acids is 1. The molecule has 36 heavy (non-hydrogen) atoms. The highest BCUT2D eigenvalue weighted by molar-refractivity contribution is 8.13. The maximum atomic E-state index is 12.8. The Morgan fingerprint density at radius 2 is 1.72 bits per heavy atom. The van der Waals surface area contributed by atoms with E-state index in [0.717, 1.165) is 17.3 Å². The lowest BCUT2D eigenvalue weighted by molar-refractivity contribution is -0.142. The lowest BCUT2D eigenvalue weighted by atomic mass is 10.0. The van der Waals surface area contributed by atoms with Gasteiger partial charge >= 0.3 is 12.1 Å². The van der Waals surface area contributed by atoms with Crippen molar-refractivity contribution in [1.29, 1.82) is 5.41 Å². The summed E-state index contributed by atoms with van der Waals surface area (Å²) in [5.41, 5.74) is 6.00. The fourth-order valence-corrected chi connectivity index (χ4v) is 3.80. The highest BCUT2D eigenvalue weighted by Gasteiger charge is 2.25. The van der Waals surface area contributed by atoms with Crippen LogP contribution in [0.1, 0.15) is 38.2 Å². The molecule has 0 spiro atoms. The highest BCUT2D eigenvalue weighted by Crippen LogP contribution is 2.16. The average molecular weight is 526 g/mol. The Labute approximate surface area is 214 Å². The van der Waals surface area contributed by atoms with Crippen LogP contribution in [0.15, 0.2) is 24.3 Å². The van der Waals surface area contributed by atoms with E-state index in [1.54, 1.807) is 31.4 Å². The number of nitrogens with one attached hydrogen (secondary N) is 4. The predicted octanol–water partition coefficient (Wildman–Crippen LogP) is 1.43. The molecule has 0 heterocycles. The van der Waals surface area contributed by atoms with Gasteiger partial charge in [-0.2, -0.15) is 0 Å². The fraction of sp³-hybridized carbons (Fsp3) is 0.522. The molecule has 0 saturated carbocycles. The van der Waals surface area contributed by atoms with E-state index < -0.39 is 29.9 Å². The topological polar surface area (TPSA) is 193 Å². The Bertz CT molecular complexity index is 882. The molecule has 1 aromatic rings. The maximum Gasteiger partial charge on any atom is 0.407 e. The van der Waals surface area contributed by atoms with Crippen molar-refractivity contribution in [2.24, 2.45) is 11.7 Å². The summed E-state index contributed by atoms with van der Waals surface area (Å²) in [7, 11) is 1.56. The minimum atomic E-state index is -1.18. The second-order valence-corrected chi connectivity index (χ2v) is 9.07. The van der Waals surface area contributed by atoms with Crippen LogP contribution in [0.3, 0.4) is 0 Å². The first kappa shape index (κ1) is 30.6. The molecule has 0 aliphatic heterocycles. The molecule has 0 saturated heterocycles. The second-order valence-electron chi connectivity index (χ2n) is 7.87. The number of nitrogens with two attached hydrogens (primary N) is 1. The standard InChI is InChI=1S/C23H35N5O7S/c1-15(29)36-14-17(20(30)28-19(21(31)32)6-4-11-26-22(24)25)5-3-12-27-23(33)35-13-16-7-9-18(34-2)10-8-16/h7-10,17,19H,3-6,11-14H2,1-2H3,(H,27,33)(H,28,30)(H,31,32)(H4,24,25,26)/t17?,19-/m0/s1. The normalized spacial score (nSPS) is 12.1. The fourth-order valence-electron chi connectivity index (χ4n) is 3.04. The van der Waals surface area contributed by atoms with Crippen LogP contribution >= 0.6 is 11.8 Å². The van der Waals surface area contributed by atoms with E-state index in [9.17, 15) is 24.3 Å². The van der Waals surface area contributed by atoms with E-state index in [4.69, 9.17) is 20.6 Å². The number of rotatable bonds is 16. The van der Waals surface area contributed by atoms with Crippen LogP contribution in [-0.2, 0) is 25.7 Å². The SMILES string of the molecule is COc1ccc(COC(=O)NCCCC(CSC(C)=O)C(=O)N[C@@H](CCCNC(=N)N)C(=O)O)cc1. The van der Waals surface area contributed by atoms with Gasteiger partial charge in [-0.05, 0) is 43.4 Å². The van der Waals surface area contributed by atoms with Gasteiger partial charge in [-0.15, -0.1) is 0 Å². The number of carboxylic acid groups (broad SMARTS) is 1. The first-order valence-corrected chi connectivity index (χ1v) is 12.4. The second kappa shape index (κ2) is 17.0. The molecule has 2 atom stereocenters. The van der Waals surface area contributed by atoms with Crippen molar-refractivity contribution in [2.45, 2.75) is 45.3 Å². The number of amides is 2. The number of alkyl carbamates (subject to hydrolysis) is 1. The molecule has 1 aromatic carbocycles. The van der Waals surface area contributed by atoms with Crippen molar-refractivity contribution in [3.05, 3.63) is 29.8 Å². The van der Waals surface area contributed by atoms with E-state index in [1.165, 1.54) is 6.92 Å². The maximum absolute atomic E-state index is 12.8. The Balaban J connectivity index is 2.49. The predicted molar refractivity (Wildman–Crippen MR) is 136 cm³/mol. The number of ether oxygens (including phenoxy) is 2. The van der Waals surface area contributed by atoms with Crippen molar-refractivity contribution in [1.82, 2.24) is 16.0 Å². The summed E-state index contributed by atoms with van der Waals surface area (Å²) in [4.78, 5) is 47.6. The minimum Gasteiger partial charge on any atom is -0.497 e. The van der Waals surface area contributed by atoms with Crippen LogP contribution in [0.2, 0.25) is 0 Å². The molecule has 1 unspecified atom stereocenters. The van der Waals surface area contributed by atoms with Gasteiger partial charge in [0.05, 0.1) is 7.11 Å². The molecule has 7 N–H and O–H groups in total. The zero-order chi connectivity index (χ0) is 26.9. The smallest absolute Gasteiger partial charge is 0.407 e. The number of methoxy groups -OCH3 is 1. The van der Waals surface area contributed by atoms with E-state index in [1.807, 2.05) is 0 Å². The summed E-state index contributed by atoms with van der Waals surface area (Å²) in [5, 5.41) is 24.1. The highest BCUT2D eigenvalue weighted by atomic mass is 32.2. The molecule has 0 bridgehead atoms. The summed E-state index contributed by atoms with van der Waals surface area (Å²) in [6.45, 7) is 2.03. The summed E-state index contributed by atoms with van der Waals surface area (Å²) < 4.78 is 10.2. The molecule has 1 rings (SSSR count). The van der Waals surface area contributed by atoms with Crippen molar-refractivity contribution in [3.63, 3.8) is 0 Å². The summed E-state index contributed by atoms with van der Waals surface area (Å²) >= 11 is 0.985. The van der Waals surface area contributed by atoms with Gasteiger partial charge in [-0.25, -0.2) is 9.59 Å². The molecule has 0 aromatic heterocycles. The first-order chi connectivity index (χ1) is 17.1. The van der Waals surface area contributed by atoms with Crippen LogP contribution in [0.5, 0.6) is 5.75 Å². The van der Waals surface area contributed by atoms with E-state index in [-0.39, 0.29) is 36.4 Å². The molecule has 13 heteroatoms. The van der Waals surface area contributed by atoms with Gasteiger partial charge in [0.25, 0.3) is 0 Å². The molecular weight excluding hydrogens is 490 g/mol.